The van der Waals surface area contributed by atoms with Gasteiger partial charge in [0.15, 0.2) is 37.2 Å². The predicted molar refractivity (Wildman–Crippen MR) is 602 cm³/mol. The second kappa shape index (κ2) is 46.4. The number of aryl methyl sites for hydroxylation is 23. The van der Waals surface area contributed by atoms with Crippen molar-refractivity contribution in [2.24, 2.45) is 42.3 Å². The molecule has 20 rings (SSSR count). The van der Waals surface area contributed by atoms with Crippen molar-refractivity contribution < 1.29 is 27.4 Å². The van der Waals surface area contributed by atoms with Crippen molar-refractivity contribution >= 4 is 0 Å². The molecule has 0 aliphatic carbocycles. The van der Waals surface area contributed by atoms with Gasteiger partial charge in [0.1, 0.15) is 42.3 Å². The molecule has 6 heteroatoms. The minimum absolute atomic E-state index is 1.25. The number of hydrogen-bond acceptors (Lipinski definition) is 0. The Labute approximate surface area is 852 Å². The lowest BCUT2D eigenvalue weighted by Gasteiger charge is -2.16. The number of nitrogens with zero attached hydrogens (tertiary/aromatic N) is 6. The summed E-state index contributed by atoms with van der Waals surface area (Å²) in [5, 5.41) is 0. The molecule has 6 aromatic heterocycles. The van der Waals surface area contributed by atoms with Crippen LogP contribution in [0.5, 0.6) is 0 Å². The first-order valence-electron chi connectivity index (χ1n) is 49.9. The molecular formula is C137H138N6+6. The van der Waals surface area contributed by atoms with Crippen molar-refractivity contribution in [2.45, 2.75) is 118 Å². The van der Waals surface area contributed by atoms with Gasteiger partial charge in [0.2, 0.25) is 34.2 Å². The van der Waals surface area contributed by atoms with Crippen LogP contribution < -0.4 is 27.4 Å². The molecule has 0 saturated heterocycles. The predicted octanol–water partition coefficient (Wildman–Crippen LogP) is 31.6. The van der Waals surface area contributed by atoms with E-state index in [4.69, 9.17) is 0 Å². The molecule has 6 heterocycles. The molecule has 20 aromatic rings. The van der Waals surface area contributed by atoms with E-state index in [9.17, 15) is 0 Å². The van der Waals surface area contributed by atoms with E-state index < -0.39 is 0 Å². The van der Waals surface area contributed by atoms with Crippen LogP contribution in [0.25, 0.3) is 157 Å². The molecule has 143 heavy (non-hydrogen) atoms. The SMILES string of the molecule is Cc1cc(-c2ccccc2)ccc1-c1ccc[n+](C)c1-c1ccccc1C.Cc1cc(C)c(-c2ccc[n+](C)c2-c2ccccc2C)c(C)c1.Cc1ccc(-c2ccc[n+](C)c2-c2ccccc2C)c(C)c1.Cc1ccccc1-c1c(-c2c(C)cc(-c3ccccc3)cc2C)ccc[n+]1C.Cc1ccccc1-c1c(-c2c(C)cccc2C)ccc[n+]1C.Cc1ccccc1-c1ccc[n+](C)c1-c1ccccc1C. The largest absolute Gasteiger partial charge is 0.220 e. The third-order valence-electron chi connectivity index (χ3n) is 27.8. The molecule has 0 bridgehead atoms. The number of benzene rings is 14. The zero-order valence-corrected chi connectivity index (χ0v) is 88.0. The molecule has 0 unspecified atom stereocenters. The highest BCUT2D eigenvalue weighted by atomic mass is 14.9. The molecule has 0 aliphatic heterocycles. The van der Waals surface area contributed by atoms with Gasteiger partial charge in [-0.3, -0.25) is 0 Å². The van der Waals surface area contributed by atoms with Gasteiger partial charge in [-0.1, -0.05) is 284 Å². The molecule has 0 fully saturated rings. The van der Waals surface area contributed by atoms with E-state index in [1.54, 1.807) is 0 Å². The van der Waals surface area contributed by atoms with E-state index in [1.807, 2.05) is 0 Å². The van der Waals surface area contributed by atoms with E-state index in [1.165, 1.54) is 251 Å². The van der Waals surface area contributed by atoms with Gasteiger partial charge < -0.3 is 0 Å². The smallest absolute Gasteiger partial charge is 0.200 e. The van der Waals surface area contributed by atoms with Crippen LogP contribution in [0.3, 0.4) is 0 Å². The van der Waals surface area contributed by atoms with Gasteiger partial charge in [-0.25, -0.2) is 27.4 Å². The second-order valence-corrected chi connectivity index (χ2v) is 38.6. The van der Waals surface area contributed by atoms with Gasteiger partial charge in [-0.2, -0.15) is 0 Å². The lowest BCUT2D eigenvalue weighted by Crippen LogP contribution is -2.31. The van der Waals surface area contributed by atoms with Crippen LogP contribution in [0.1, 0.15) is 94.6 Å². The van der Waals surface area contributed by atoms with Gasteiger partial charge >= 0.3 is 0 Å². The summed E-state index contributed by atoms with van der Waals surface area (Å²) >= 11 is 0. The summed E-state index contributed by atoms with van der Waals surface area (Å²) in [4.78, 5) is 0. The Morgan fingerprint density at radius 2 is 0.322 bits per heavy atom. The summed E-state index contributed by atoms with van der Waals surface area (Å²) in [6.45, 7) is 37.2. The average molecular weight is 1870 g/mol. The zero-order chi connectivity index (χ0) is 101. The fourth-order valence-corrected chi connectivity index (χ4v) is 20.8. The molecule has 0 aliphatic rings. The normalized spacial score (nSPS) is 10.8. The highest BCUT2D eigenvalue weighted by molar-refractivity contribution is 5.90. The van der Waals surface area contributed by atoms with E-state index in [2.05, 4.69) is 607 Å². The lowest BCUT2D eigenvalue weighted by molar-refractivity contribution is -0.660. The fourth-order valence-electron chi connectivity index (χ4n) is 20.8. The topological polar surface area (TPSA) is 23.3 Å². The minimum Gasteiger partial charge on any atom is -0.200 e. The summed E-state index contributed by atoms with van der Waals surface area (Å²) < 4.78 is 13.4. The Balaban J connectivity index is 0.000000130. The summed E-state index contributed by atoms with van der Waals surface area (Å²) in [6, 6.07) is 137. The summed E-state index contributed by atoms with van der Waals surface area (Å²) in [7, 11) is 12.7. The van der Waals surface area contributed by atoms with Crippen LogP contribution in [-0.4, -0.2) is 0 Å². The summed E-state index contributed by atoms with van der Waals surface area (Å²) in [5.41, 5.74) is 58.3. The Bertz CT molecular complexity index is 7900. The molecule has 6 nitrogen and oxygen atoms in total. The van der Waals surface area contributed by atoms with Gasteiger partial charge in [-0.15, -0.1) is 0 Å². The van der Waals surface area contributed by atoms with Crippen molar-refractivity contribution in [1.29, 1.82) is 0 Å². The number of hydrogen-bond donors (Lipinski definition) is 0. The molecule has 710 valence electrons. The molecule has 0 radical (unpaired) electrons. The van der Waals surface area contributed by atoms with Gasteiger partial charge in [0, 0.05) is 69.8 Å². The second-order valence-electron chi connectivity index (χ2n) is 38.6. The Morgan fingerprint density at radius 3 is 0.608 bits per heavy atom. The van der Waals surface area contributed by atoms with E-state index in [0.717, 1.165) is 0 Å². The third-order valence-corrected chi connectivity index (χ3v) is 27.8. The maximum Gasteiger partial charge on any atom is 0.220 e. The number of aromatic nitrogens is 6. The van der Waals surface area contributed by atoms with Crippen LogP contribution in [0, 0.1) is 118 Å². The molecule has 0 saturated carbocycles. The van der Waals surface area contributed by atoms with Crippen molar-refractivity contribution in [3.63, 3.8) is 0 Å². The molecule has 0 N–H and O–H groups in total. The standard InChI is InChI=1S/C27H26N.C26H24N.C22H24N.2C21H22N.C20H20N/c1-19-11-8-9-14-24(19)27-25(15-10-16-28(27)4)26-20(2)17-23(18-21(26)3)22-12-6-5-7-13-22;1-19-10-7-8-13-24(19)26-25(14-9-17-27(26)3)23-16-15-22(18-20(23)2)21-11-5-4-6-12-21;1-15-13-17(3)21(18(4)14-15)20-11-8-12-23(5)22(20)19-10-7-6-9-16(19)2;1-15-9-5-6-12-18(15)21-19(13-8-14-22(21)4)20-16(2)10-7-11-17(20)3;1-15-11-12-18(17(3)14-15)20-10-7-13-22(4)21(20)19-9-6-5-8-16(19)2;1-15-9-4-6-11-17(15)19-13-8-14-21(3)20(19)18-12-7-5-10-16(18)2/h5-18H,1-4H3;4-18H,1-3H3;6-14H,1-5H3;2*5-14H,1-4H3;4-14H,1-3H3/q6*+1. The number of pyridine rings is 6. The van der Waals surface area contributed by atoms with Crippen molar-refractivity contribution in [3.8, 4) is 157 Å². The first-order valence-corrected chi connectivity index (χ1v) is 49.9. The van der Waals surface area contributed by atoms with Crippen molar-refractivity contribution in [3.05, 3.63) is 514 Å². The van der Waals surface area contributed by atoms with Crippen molar-refractivity contribution in [1.82, 2.24) is 0 Å². The summed E-state index contributed by atoms with van der Waals surface area (Å²) in [6.07, 6.45) is 12.7. The first kappa shape index (κ1) is 101. The van der Waals surface area contributed by atoms with E-state index >= 15 is 0 Å². The average Bonchev–Trinajstić information content (AvgIpc) is 0.785. The van der Waals surface area contributed by atoms with Gasteiger partial charge in [0.25, 0.3) is 0 Å². The third kappa shape index (κ3) is 23.2. The maximum absolute atomic E-state index is 2.31. The molecule has 14 aromatic carbocycles. The fraction of sp³-hybridized carbons (Fsp3) is 0.168. The van der Waals surface area contributed by atoms with Crippen LogP contribution in [0.4, 0.5) is 0 Å². The van der Waals surface area contributed by atoms with E-state index in [0.29, 0.717) is 0 Å². The Hall–Kier alpha value is -16.0. The Morgan fingerprint density at radius 1 is 0.119 bits per heavy atom. The molecule has 0 amide bonds. The quantitative estimate of drug-likeness (QED) is 0.0969. The van der Waals surface area contributed by atoms with E-state index in [-0.39, 0.29) is 0 Å². The minimum atomic E-state index is 1.25. The monoisotopic (exact) mass is 1870 g/mol. The van der Waals surface area contributed by atoms with Crippen LogP contribution in [0.2, 0.25) is 0 Å². The Kier molecular flexibility index (Phi) is 32.9. The number of rotatable bonds is 14. The highest BCUT2D eigenvalue weighted by Gasteiger charge is 2.29. The highest BCUT2D eigenvalue weighted by Crippen LogP contribution is 2.43. The molecular weight excluding hydrogens is 1730 g/mol. The van der Waals surface area contributed by atoms with Gasteiger partial charge in [-0.05, 0) is 330 Å². The first-order chi connectivity index (χ1) is 69.0. The zero-order valence-electron chi connectivity index (χ0n) is 88.0. The van der Waals surface area contributed by atoms with Crippen LogP contribution >= 0.6 is 0 Å². The maximum atomic E-state index is 2.31. The lowest BCUT2D eigenvalue weighted by atomic mass is 9.88. The van der Waals surface area contributed by atoms with Crippen LogP contribution in [-0.2, 0) is 42.3 Å². The van der Waals surface area contributed by atoms with Crippen LogP contribution in [0.15, 0.2) is 419 Å². The summed E-state index contributed by atoms with van der Waals surface area (Å²) in [5.74, 6) is 0. The molecule has 0 spiro atoms. The molecule has 0 atom stereocenters. The van der Waals surface area contributed by atoms with Crippen molar-refractivity contribution in [2.75, 3.05) is 0 Å². The van der Waals surface area contributed by atoms with Gasteiger partial charge in [0.05, 0.1) is 33.4 Å².